The minimum atomic E-state index is -0.423. The summed E-state index contributed by atoms with van der Waals surface area (Å²) >= 11 is 9.52. The first-order chi connectivity index (χ1) is 33.1. The molecule has 0 aliphatic carbocycles. The number of likely N-dealkylation sites (tertiary alicyclic amines) is 1. The normalized spacial score (nSPS) is 14.7. The Morgan fingerprint density at radius 3 is 2.39 bits per heavy atom. The van der Waals surface area contributed by atoms with Crippen molar-refractivity contribution in [3.63, 3.8) is 0 Å². The van der Waals surface area contributed by atoms with Crippen molar-refractivity contribution in [2.75, 3.05) is 82.2 Å². The Morgan fingerprint density at radius 1 is 0.942 bits per heavy atom. The number of oxazole rings is 1. The molecule has 4 N–H and O–H groups in total. The van der Waals surface area contributed by atoms with Gasteiger partial charge in [0.25, 0.3) is 11.5 Å². The van der Waals surface area contributed by atoms with Gasteiger partial charge >= 0.3 is 0 Å². The molecule has 23 heteroatoms. The Hall–Kier alpha value is -5.97. The highest BCUT2D eigenvalue weighted by Gasteiger charge is 2.29. The number of anilines is 4. The third-order valence-corrected chi connectivity index (χ3v) is 14.2. The van der Waals surface area contributed by atoms with E-state index in [0.717, 1.165) is 9.97 Å². The number of hydrogen-bond donors (Lipinski definition) is 4. The first-order valence-electron chi connectivity index (χ1n) is 22.7. The van der Waals surface area contributed by atoms with E-state index in [-0.39, 0.29) is 77.9 Å². The molecule has 7 rings (SSSR count). The number of fused-ring (bicyclic) bond motifs is 1. The standard InChI is InChI=1S/C46H58ClN11O9S2/c1-46(2,3)34-23-50-36(67-34)26-68-38-24-52-45(69-38)55-42(62)28-7-13-57(14-8-28)37(60)11-17-65-18-12-49-41(61)27-9-15-58(16-10-27)44-51-22-31(47)40(54-44)53-30-19-29-20-33(66-25-35(59)48-4)43(63)56(5)39(29)32(21-30)64-6/h19-24,27-28H,7-18,25-26H2,1-6H3,(H,48,59)(H,49,61)(H,51,53,54)(H,52,55,62). The number of pyridine rings is 1. The van der Waals surface area contributed by atoms with E-state index in [1.165, 1.54) is 36.3 Å². The summed E-state index contributed by atoms with van der Waals surface area (Å²) in [5.41, 5.74) is 0.568. The third-order valence-electron chi connectivity index (χ3n) is 11.8. The molecule has 4 amide bonds. The Morgan fingerprint density at radius 2 is 1.68 bits per heavy atom. The Balaban J connectivity index is 0.784. The number of ether oxygens (including phenoxy) is 3. The maximum Gasteiger partial charge on any atom is 0.293 e. The third kappa shape index (κ3) is 13.2. The van der Waals surface area contributed by atoms with Crippen LogP contribution < -0.4 is 41.2 Å². The maximum absolute atomic E-state index is 13.1. The van der Waals surface area contributed by atoms with Crippen LogP contribution in [0, 0.1) is 11.8 Å². The van der Waals surface area contributed by atoms with E-state index in [1.54, 1.807) is 54.3 Å². The number of rotatable bonds is 19. The van der Waals surface area contributed by atoms with Gasteiger partial charge in [0.2, 0.25) is 29.6 Å². The van der Waals surface area contributed by atoms with Gasteiger partial charge in [-0.15, -0.1) is 11.8 Å². The van der Waals surface area contributed by atoms with E-state index in [0.29, 0.717) is 109 Å². The van der Waals surface area contributed by atoms with Gasteiger partial charge in [-0.05, 0) is 37.8 Å². The number of thioether (sulfide) groups is 1. The van der Waals surface area contributed by atoms with Gasteiger partial charge in [0.1, 0.15) is 16.5 Å². The van der Waals surface area contributed by atoms with E-state index in [2.05, 4.69) is 57.0 Å². The number of benzene rings is 1. The zero-order valence-electron chi connectivity index (χ0n) is 39.5. The van der Waals surface area contributed by atoms with Gasteiger partial charge in [-0.25, -0.2) is 15.0 Å². The second kappa shape index (κ2) is 23.1. The quantitative estimate of drug-likeness (QED) is 0.0590. The fourth-order valence-electron chi connectivity index (χ4n) is 7.84. The number of nitrogens with zero attached hydrogens (tertiary/aromatic N) is 7. The fraction of sp³-hybridized carbons (Fsp3) is 0.500. The lowest BCUT2D eigenvalue weighted by atomic mass is 9.94. The van der Waals surface area contributed by atoms with E-state index in [1.807, 2.05) is 4.90 Å². The van der Waals surface area contributed by atoms with Crippen LogP contribution in [0.25, 0.3) is 10.9 Å². The summed E-state index contributed by atoms with van der Waals surface area (Å²) in [4.78, 5) is 85.5. The summed E-state index contributed by atoms with van der Waals surface area (Å²) in [6, 6.07) is 5.07. The topological polar surface area (TPSA) is 237 Å². The molecular formula is C46H58ClN11O9S2. The first-order valence-corrected chi connectivity index (χ1v) is 24.9. The lowest BCUT2D eigenvalue weighted by Crippen LogP contribution is -2.42. The van der Waals surface area contributed by atoms with Gasteiger partial charge in [-0.3, -0.25) is 24.0 Å². The summed E-state index contributed by atoms with van der Waals surface area (Å²) in [5.74, 6) is 2.32. The number of likely N-dealkylation sites (N-methyl/N-ethyl adjacent to an activating group) is 1. The minimum Gasteiger partial charge on any atom is -0.494 e. The number of halogens is 1. The fourth-order valence-corrected chi connectivity index (χ4v) is 9.71. The maximum atomic E-state index is 13.1. The van der Waals surface area contributed by atoms with E-state index in [4.69, 9.17) is 35.2 Å². The molecule has 0 bridgehead atoms. The highest BCUT2D eigenvalue weighted by molar-refractivity contribution is 8.00. The number of methoxy groups -OCH3 is 1. The molecule has 20 nitrogen and oxygen atoms in total. The molecule has 2 aliphatic rings. The average Bonchev–Trinajstić information content (AvgIpc) is 4.03. The van der Waals surface area contributed by atoms with Crippen LogP contribution in [0.2, 0.25) is 5.02 Å². The van der Waals surface area contributed by atoms with Crippen LogP contribution in [0.3, 0.4) is 0 Å². The van der Waals surface area contributed by atoms with Crippen LogP contribution >= 0.6 is 34.7 Å². The summed E-state index contributed by atoms with van der Waals surface area (Å²) in [6.45, 7) is 8.83. The van der Waals surface area contributed by atoms with E-state index < -0.39 is 5.56 Å². The molecule has 0 spiro atoms. The summed E-state index contributed by atoms with van der Waals surface area (Å²) < 4.78 is 25.1. The van der Waals surface area contributed by atoms with Crippen LogP contribution in [0.15, 0.2) is 50.2 Å². The second-order valence-electron chi connectivity index (χ2n) is 17.6. The summed E-state index contributed by atoms with van der Waals surface area (Å²) in [5, 5.41) is 13.0. The number of carbonyl (C=O) groups excluding carboxylic acids is 4. The van der Waals surface area contributed by atoms with Gasteiger partial charge in [0.05, 0.1) is 60.8 Å². The van der Waals surface area contributed by atoms with Crippen molar-refractivity contribution >= 4 is 91.8 Å². The monoisotopic (exact) mass is 1010 g/mol. The number of aromatic nitrogens is 5. The lowest BCUT2D eigenvalue weighted by Gasteiger charge is -2.31. The highest BCUT2D eigenvalue weighted by atomic mass is 35.5. The smallest absolute Gasteiger partial charge is 0.293 e. The van der Waals surface area contributed by atoms with Gasteiger partial charge in [-0.1, -0.05) is 43.7 Å². The van der Waals surface area contributed by atoms with Gasteiger partial charge < -0.3 is 54.3 Å². The first kappa shape index (κ1) is 50.9. The van der Waals surface area contributed by atoms with Crippen molar-refractivity contribution in [1.29, 1.82) is 0 Å². The predicted octanol–water partition coefficient (Wildman–Crippen LogP) is 5.51. The molecule has 2 aliphatic heterocycles. The van der Waals surface area contributed by atoms with Crippen molar-refractivity contribution < 1.29 is 37.8 Å². The van der Waals surface area contributed by atoms with Crippen LogP contribution in [-0.4, -0.2) is 120 Å². The number of hydrogen-bond acceptors (Lipinski definition) is 17. The van der Waals surface area contributed by atoms with Crippen molar-refractivity contribution in [3.8, 4) is 11.5 Å². The minimum absolute atomic E-state index is 0.00644. The lowest BCUT2D eigenvalue weighted by molar-refractivity contribution is -0.135. The van der Waals surface area contributed by atoms with Crippen molar-refractivity contribution in [1.82, 2.24) is 40.0 Å². The number of nitrogens with one attached hydrogen (secondary N) is 4. The van der Waals surface area contributed by atoms with Crippen LogP contribution in [0.1, 0.15) is 64.5 Å². The molecule has 5 aromatic rings. The van der Waals surface area contributed by atoms with Gasteiger partial charge in [0, 0.05) is 81.2 Å². The Bertz CT molecular complexity index is 2690. The van der Waals surface area contributed by atoms with Crippen molar-refractivity contribution in [2.24, 2.45) is 18.9 Å². The molecule has 0 saturated carbocycles. The van der Waals surface area contributed by atoms with E-state index in [9.17, 15) is 24.0 Å². The number of thiazole rings is 1. The highest BCUT2D eigenvalue weighted by Crippen LogP contribution is 2.35. The van der Waals surface area contributed by atoms with Crippen LogP contribution in [0.5, 0.6) is 11.5 Å². The average molecular weight is 1010 g/mol. The SMILES string of the molecule is CNC(=O)COc1cc2cc(Nc3nc(N4CCC(C(=O)NCCOCCC(=O)N5CCC(C(=O)Nc6ncc(SCc7ncc(C(C)(C)C)o7)s6)CC5)CC4)ncc3Cl)cc(OC)c2n(C)c1=O. The summed E-state index contributed by atoms with van der Waals surface area (Å²) in [7, 11) is 4.58. The summed E-state index contributed by atoms with van der Waals surface area (Å²) in [6.07, 6.45) is 7.55. The van der Waals surface area contributed by atoms with Gasteiger partial charge in [-0.2, -0.15) is 4.98 Å². The van der Waals surface area contributed by atoms with E-state index >= 15 is 0 Å². The molecule has 2 saturated heterocycles. The Labute approximate surface area is 412 Å². The van der Waals surface area contributed by atoms with Crippen molar-refractivity contribution in [3.05, 3.63) is 63.8 Å². The molecule has 69 heavy (non-hydrogen) atoms. The zero-order valence-corrected chi connectivity index (χ0v) is 41.9. The van der Waals surface area contributed by atoms with Crippen LogP contribution in [-0.2, 0) is 42.1 Å². The molecule has 4 aromatic heterocycles. The zero-order chi connectivity index (χ0) is 49.2. The predicted molar refractivity (Wildman–Crippen MR) is 264 cm³/mol. The number of carbonyl (C=O) groups is 4. The molecule has 2 fully saturated rings. The molecule has 370 valence electrons. The van der Waals surface area contributed by atoms with Crippen LogP contribution in [0.4, 0.5) is 22.6 Å². The largest absolute Gasteiger partial charge is 0.494 e. The Kier molecular flexibility index (Phi) is 17.0. The number of amides is 4. The molecule has 0 radical (unpaired) electrons. The van der Waals surface area contributed by atoms with Crippen molar-refractivity contribution in [2.45, 2.75) is 68.3 Å². The molecule has 6 heterocycles. The second-order valence-corrected chi connectivity index (χ2v) is 20.4. The number of piperidine rings is 2. The molecular weight excluding hydrogens is 950 g/mol. The molecule has 0 atom stereocenters. The molecule has 0 unspecified atom stereocenters. The number of aryl methyl sites for hydroxylation is 1. The van der Waals surface area contributed by atoms with Gasteiger partial charge in [0.15, 0.2) is 23.3 Å². The molecule has 1 aromatic carbocycles.